The van der Waals surface area contributed by atoms with Gasteiger partial charge in [-0.05, 0) is 35.9 Å². The van der Waals surface area contributed by atoms with Gasteiger partial charge in [-0.3, -0.25) is 4.79 Å². The predicted octanol–water partition coefficient (Wildman–Crippen LogP) is 5.23. The van der Waals surface area contributed by atoms with Crippen molar-refractivity contribution in [3.05, 3.63) is 67.6 Å². The lowest BCUT2D eigenvalue weighted by atomic mass is 10.2. The van der Waals surface area contributed by atoms with Crippen molar-refractivity contribution in [1.82, 2.24) is 5.32 Å². The third-order valence-electron chi connectivity index (χ3n) is 2.64. The van der Waals surface area contributed by atoms with Crippen LogP contribution < -0.4 is 5.32 Å². The third-order valence-corrected chi connectivity index (χ3v) is 4.07. The second kappa shape index (κ2) is 6.68. The van der Waals surface area contributed by atoms with Crippen molar-refractivity contribution in [2.75, 3.05) is 0 Å². The lowest BCUT2D eigenvalue weighted by Gasteiger charge is -2.09. The highest BCUT2D eigenvalue weighted by Crippen LogP contribution is 2.26. The lowest BCUT2D eigenvalue weighted by molar-refractivity contribution is 0.0951. The molecule has 0 unspecified atom stereocenters. The zero-order chi connectivity index (χ0) is 14.7. The maximum absolute atomic E-state index is 12.1. The molecule has 104 valence electrons. The van der Waals surface area contributed by atoms with Gasteiger partial charge < -0.3 is 5.32 Å². The standard InChI is InChI=1S/C14H9Cl4NO/c15-9-4-5-11(16)8(6-9)7-19-14(20)10-2-1-3-12(17)13(10)18/h1-6H,7H2,(H,19,20). The van der Waals surface area contributed by atoms with Gasteiger partial charge in [0.15, 0.2) is 0 Å². The summed E-state index contributed by atoms with van der Waals surface area (Å²) in [5, 5.41) is 4.37. The van der Waals surface area contributed by atoms with E-state index in [9.17, 15) is 4.79 Å². The molecule has 1 N–H and O–H groups in total. The van der Waals surface area contributed by atoms with E-state index in [1.165, 1.54) is 0 Å². The molecule has 0 aliphatic heterocycles. The minimum absolute atomic E-state index is 0.226. The first-order chi connectivity index (χ1) is 9.49. The van der Waals surface area contributed by atoms with Crippen molar-refractivity contribution in [2.45, 2.75) is 6.54 Å². The summed E-state index contributed by atoms with van der Waals surface area (Å²) in [6.07, 6.45) is 0. The van der Waals surface area contributed by atoms with Crippen molar-refractivity contribution in [2.24, 2.45) is 0 Å². The van der Waals surface area contributed by atoms with Gasteiger partial charge in [0.1, 0.15) is 0 Å². The van der Waals surface area contributed by atoms with Gasteiger partial charge in [0.05, 0.1) is 15.6 Å². The van der Waals surface area contributed by atoms with Crippen LogP contribution >= 0.6 is 46.4 Å². The molecular formula is C14H9Cl4NO. The molecule has 0 aliphatic carbocycles. The maximum atomic E-state index is 12.1. The SMILES string of the molecule is O=C(NCc1cc(Cl)ccc1Cl)c1cccc(Cl)c1Cl. The van der Waals surface area contributed by atoms with Crippen molar-refractivity contribution < 1.29 is 4.79 Å². The molecule has 0 fully saturated rings. The molecule has 0 aromatic heterocycles. The van der Waals surface area contributed by atoms with Crippen LogP contribution in [0.15, 0.2) is 36.4 Å². The van der Waals surface area contributed by atoms with Gasteiger partial charge in [-0.1, -0.05) is 52.5 Å². The summed E-state index contributed by atoms with van der Waals surface area (Å²) in [5.74, 6) is -0.325. The molecule has 1 amide bonds. The van der Waals surface area contributed by atoms with E-state index in [0.717, 1.165) is 5.56 Å². The number of hydrogen-bond acceptors (Lipinski definition) is 1. The highest BCUT2D eigenvalue weighted by molar-refractivity contribution is 6.43. The summed E-state index contributed by atoms with van der Waals surface area (Å²) < 4.78 is 0. The van der Waals surface area contributed by atoms with E-state index in [-0.39, 0.29) is 17.5 Å². The number of amides is 1. The first-order valence-corrected chi connectivity index (χ1v) is 7.16. The molecular weight excluding hydrogens is 340 g/mol. The molecule has 0 aliphatic rings. The Bertz CT molecular complexity index is 658. The van der Waals surface area contributed by atoms with Gasteiger partial charge in [0.25, 0.3) is 5.91 Å². The molecule has 0 saturated carbocycles. The van der Waals surface area contributed by atoms with Crippen molar-refractivity contribution in [3.8, 4) is 0 Å². The van der Waals surface area contributed by atoms with Crippen LogP contribution in [-0.2, 0) is 6.54 Å². The van der Waals surface area contributed by atoms with Crippen LogP contribution in [-0.4, -0.2) is 5.91 Å². The van der Waals surface area contributed by atoms with E-state index in [1.54, 1.807) is 36.4 Å². The van der Waals surface area contributed by atoms with Crippen LogP contribution in [0.2, 0.25) is 20.1 Å². The highest BCUT2D eigenvalue weighted by atomic mass is 35.5. The highest BCUT2D eigenvalue weighted by Gasteiger charge is 2.12. The van der Waals surface area contributed by atoms with E-state index in [0.29, 0.717) is 20.6 Å². The quantitative estimate of drug-likeness (QED) is 0.808. The average Bonchev–Trinajstić information content (AvgIpc) is 2.42. The number of carbonyl (C=O) groups excluding carboxylic acids is 1. The van der Waals surface area contributed by atoms with Gasteiger partial charge in [-0.15, -0.1) is 0 Å². The van der Waals surface area contributed by atoms with Gasteiger partial charge in [0.2, 0.25) is 0 Å². The molecule has 20 heavy (non-hydrogen) atoms. The Morgan fingerprint density at radius 3 is 2.50 bits per heavy atom. The van der Waals surface area contributed by atoms with E-state index in [4.69, 9.17) is 46.4 Å². The van der Waals surface area contributed by atoms with Crippen LogP contribution in [0.4, 0.5) is 0 Å². The van der Waals surface area contributed by atoms with Crippen molar-refractivity contribution >= 4 is 52.3 Å². The van der Waals surface area contributed by atoms with Crippen LogP contribution in [0.25, 0.3) is 0 Å². The Hall–Kier alpha value is -0.930. The van der Waals surface area contributed by atoms with Gasteiger partial charge in [-0.2, -0.15) is 0 Å². The topological polar surface area (TPSA) is 29.1 Å². The fourth-order valence-corrected chi connectivity index (χ4v) is 2.39. The number of nitrogens with one attached hydrogen (secondary N) is 1. The first kappa shape index (κ1) is 15.5. The van der Waals surface area contributed by atoms with Crippen LogP contribution in [0.3, 0.4) is 0 Å². The molecule has 0 radical (unpaired) electrons. The Balaban J connectivity index is 2.13. The number of benzene rings is 2. The zero-order valence-electron chi connectivity index (χ0n) is 10.1. The molecule has 0 saturated heterocycles. The Kier molecular flexibility index (Phi) is 5.17. The fourth-order valence-electron chi connectivity index (χ4n) is 1.63. The summed E-state index contributed by atoms with van der Waals surface area (Å²) in [7, 11) is 0. The molecule has 0 spiro atoms. The van der Waals surface area contributed by atoms with Crippen LogP contribution in [0, 0.1) is 0 Å². The van der Waals surface area contributed by atoms with Gasteiger partial charge in [-0.25, -0.2) is 0 Å². The zero-order valence-corrected chi connectivity index (χ0v) is 13.1. The molecule has 2 aromatic rings. The first-order valence-electron chi connectivity index (χ1n) is 5.65. The van der Waals surface area contributed by atoms with Crippen LogP contribution in [0.1, 0.15) is 15.9 Å². The minimum atomic E-state index is -0.325. The predicted molar refractivity (Wildman–Crippen MR) is 84.1 cm³/mol. The number of halogens is 4. The van der Waals surface area contributed by atoms with Crippen molar-refractivity contribution in [1.29, 1.82) is 0 Å². The number of carbonyl (C=O) groups is 1. The monoisotopic (exact) mass is 347 g/mol. The molecule has 2 aromatic carbocycles. The van der Waals surface area contributed by atoms with Gasteiger partial charge >= 0.3 is 0 Å². The number of hydrogen-bond donors (Lipinski definition) is 1. The second-order valence-electron chi connectivity index (χ2n) is 4.02. The Morgan fingerprint density at radius 2 is 1.75 bits per heavy atom. The fraction of sp³-hybridized carbons (Fsp3) is 0.0714. The van der Waals surface area contributed by atoms with Crippen LogP contribution in [0.5, 0.6) is 0 Å². The molecule has 6 heteroatoms. The smallest absolute Gasteiger partial charge is 0.253 e. The van der Waals surface area contributed by atoms with E-state index in [2.05, 4.69) is 5.32 Å². The third kappa shape index (κ3) is 3.58. The molecule has 0 bridgehead atoms. The normalized spacial score (nSPS) is 10.4. The summed E-state index contributed by atoms with van der Waals surface area (Å²) in [4.78, 5) is 12.1. The summed E-state index contributed by atoms with van der Waals surface area (Å²) >= 11 is 23.8. The van der Waals surface area contributed by atoms with Gasteiger partial charge in [0, 0.05) is 16.6 Å². The second-order valence-corrected chi connectivity index (χ2v) is 5.65. The lowest BCUT2D eigenvalue weighted by Crippen LogP contribution is -2.23. The molecule has 2 nitrogen and oxygen atoms in total. The molecule has 0 heterocycles. The van der Waals surface area contributed by atoms with Crippen molar-refractivity contribution in [3.63, 3.8) is 0 Å². The molecule has 0 atom stereocenters. The Labute approximate surface area is 136 Å². The van der Waals surface area contributed by atoms with E-state index < -0.39 is 0 Å². The molecule has 2 rings (SSSR count). The summed E-state index contributed by atoms with van der Waals surface area (Å²) in [6, 6.07) is 9.94. The average molecular weight is 349 g/mol. The van der Waals surface area contributed by atoms with E-state index in [1.807, 2.05) is 0 Å². The largest absolute Gasteiger partial charge is 0.348 e. The number of rotatable bonds is 3. The summed E-state index contributed by atoms with van der Waals surface area (Å²) in [5.41, 5.74) is 1.04. The van der Waals surface area contributed by atoms with E-state index >= 15 is 0 Å². The maximum Gasteiger partial charge on any atom is 0.253 e. The summed E-state index contributed by atoms with van der Waals surface area (Å²) in [6.45, 7) is 0.251. The minimum Gasteiger partial charge on any atom is -0.348 e. The Morgan fingerprint density at radius 1 is 1.00 bits per heavy atom.